The normalized spacial score (nSPS) is 21.0. The minimum Gasteiger partial charge on any atom is -0.480 e. The molecule has 1 aliphatic heterocycles. The van der Waals surface area contributed by atoms with Crippen molar-refractivity contribution in [2.45, 2.75) is 38.4 Å². The molecule has 1 unspecified atom stereocenters. The second-order valence-corrected chi connectivity index (χ2v) is 7.49. The quantitative estimate of drug-likeness (QED) is 0.805. The van der Waals surface area contributed by atoms with E-state index in [1.54, 1.807) is 39.2 Å². The fourth-order valence-corrected chi connectivity index (χ4v) is 3.08. The van der Waals surface area contributed by atoms with Gasteiger partial charge in [-0.25, -0.2) is 9.59 Å². The smallest absolute Gasteiger partial charge is 0.434 e. The largest absolute Gasteiger partial charge is 0.480 e. The van der Waals surface area contributed by atoms with Crippen molar-refractivity contribution >= 4 is 28.0 Å². The molecule has 2 heterocycles. The van der Waals surface area contributed by atoms with Crippen molar-refractivity contribution in [2.24, 2.45) is 0 Å². The molecule has 25 heavy (non-hydrogen) atoms. The fourth-order valence-electron chi connectivity index (χ4n) is 2.47. The third-order valence-corrected chi connectivity index (χ3v) is 4.12. The Hall–Kier alpha value is -1.71. The number of carbonyl (C=O) groups excluding carboxylic acids is 1. The monoisotopic (exact) mass is 416 g/mol. The second kappa shape index (κ2) is 7.67. The van der Waals surface area contributed by atoms with Gasteiger partial charge >= 0.3 is 12.1 Å². The van der Waals surface area contributed by atoms with Crippen molar-refractivity contribution in [1.82, 2.24) is 10.0 Å². The molecule has 2 rings (SSSR count). The number of hydrogen-bond donors (Lipinski definition) is 1. The molecule has 1 atom stereocenters. The van der Waals surface area contributed by atoms with E-state index < -0.39 is 29.9 Å². The number of pyridine rings is 1. The SMILES string of the molecule is CC(C)(C)OC(=O)N1CC(OCC(=O)O)(c2ccncc2Br)CCO1. The first-order chi connectivity index (χ1) is 11.6. The first-order valence-electron chi connectivity index (χ1n) is 7.72. The summed E-state index contributed by atoms with van der Waals surface area (Å²) in [7, 11) is 0. The zero-order valence-corrected chi connectivity index (χ0v) is 15.9. The zero-order valence-electron chi connectivity index (χ0n) is 14.3. The van der Waals surface area contributed by atoms with Gasteiger partial charge < -0.3 is 14.6 Å². The summed E-state index contributed by atoms with van der Waals surface area (Å²) in [5.74, 6) is -1.10. The highest BCUT2D eigenvalue weighted by Crippen LogP contribution is 2.38. The van der Waals surface area contributed by atoms with E-state index in [9.17, 15) is 9.59 Å². The summed E-state index contributed by atoms with van der Waals surface area (Å²) in [5.41, 5.74) is -1.03. The molecule has 0 saturated carbocycles. The van der Waals surface area contributed by atoms with Crippen LogP contribution in [0, 0.1) is 0 Å². The summed E-state index contributed by atoms with van der Waals surface area (Å²) >= 11 is 3.41. The summed E-state index contributed by atoms with van der Waals surface area (Å²) in [6, 6.07) is 1.73. The van der Waals surface area contributed by atoms with Gasteiger partial charge in [-0.3, -0.25) is 9.82 Å². The summed E-state index contributed by atoms with van der Waals surface area (Å²) in [6.45, 7) is 4.93. The van der Waals surface area contributed by atoms with Crippen LogP contribution in [0.4, 0.5) is 4.79 Å². The van der Waals surface area contributed by atoms with Gasteiger partial charge in [0.15, 0.2) is 0 Å². The summed E-state index contributed by atoms with van der Waals surface area (Å²) < 4.78 is 11.7. The Morgan fingerprint density at radius 1 is 1.48 bits per heavy atom. The lowest BCUT2D eigenvalue weighted by Gasteiger charge is -2.42. The molecule has 1 aromatic rings. The van der Waals surface area contributed by atoms with Gasteiger partial charge in [0.2, 0.25) is 0 Å². The molecular weight excluding hydrogens is 396 g/mol. The van der Waals surface area contributed by atoms with Crippen LogP contribution in [0.2, 0.25) is 0 Å². The summed E-state index contributed by atoms with van der Waals surface area (Å²) in [5, 5.41) is 10.1. The molecule has 1 N–H and O–H groups in total. The second-order valence-electron chi connectivity index (χ2n) is 6.63. The molecule has 0 bridgehead atoms. The number of carboxylic acid groups (broad SMARTS) is 1. The lowest BCUT2D eigenvalue weighted by molar-refractivity contribution is -0.233. The van der Waals surface area contributed by atoms with E-state index in [0.717, 1.165) is 5.06 Å². The van der Waals surface area contributed by atoms with E-state index in [-0.39, 0.29) is 13.2 Å². The average molecular weight is 417 g/mol. The molecule has 1 fully saturated rings. The van der Waals surface area contributed by atoms with Crippen LogP contribution in [0.25, 0.3) is 0 Å². The summed E-state index contributed by atoms with van der Waals surface area (Å²) in [6.07, 6.45) is 2.90. The Morgan fingerprint density at radius 2 is 2.20 bits per heavy atom. The number of hydrogen-bond acceptors (Lipinski definition) is 6. The number of ether oxygens (including phenoxy) is 2. The van der Waals surface area contributed by atoms with Crippen molar-refractivity contribution in [2.75, 3.05) is 19.8 Å². The van der Waals surface area contributed by atoms with Gasteiger partial charge in [-0.15, -0.1) is 0 Å². The molecule has 138 valence electrons. The Kier molecular flexibility index (Phi) is 6.02. The number of rotatable bonds is 4. The number of carboxylic acids is 1. The number of amides is 1. The van der Waals surface area contributed by atoms with E-state index in [0.29, 0.717) is 16.5 Å². The van der Waals surface area contributed by atoms with Crippen LogP contribution < -0.4 is 0 Å². The molecule has 1 saturated heterocycles. The highest BCUT2D eigenvalue weighted by atomic mass is 79.9. The third kappa shape index (κ3) is 5.13. The highest BCUT2D eigenvalue weighted by Gasteiger charge is 2.43. The number of aromatic nitrogens is 1. The minimum absolute atomic E-state index is 0.00218. The first-order valence-corrected chi connectivity index (χ1v) is 8.51. The molecule has 0 spiro atoms. The van der Waals surface area contributed by atoms with Crippen LogP contribution >= 0.6 is 15.9 Å². The lowest BCUT2D eigenvalue weighted by Crippen LogP contribution is -2.52. The molecule has 1 aromatic heterocycles. The van der Waals surface area contributed by atoms with Gasteiger partial charge in [0.25, 0.3) is 0 Å². The van der Waals surface area contributed by atoms with Gasteiger partial charge in [0.1, 0.15) is 17.8 Å². The van der Waals surface area contributed by atoms with Crippen LogP contribution in [0.1, 0.15) is 32.8 Å². The number of nitrogens with zero attached hydrogens (tertiary/aromatic N) is 2. The van der Waals surface area contributed by atoms with Gasteiger partial charge in [0, 0.05) is 28.9 Å². The van der Waals surface area contributed by atoms with Crippen molar-refractivity contribution in [3.63, 3.8) is 0 Å². The predicted octanol–water partition coefficient (Wildman–Crippen LogP) is 2.71. The van der Waals surface area contributed by atoms with E-state index in [1.165, 1.54) is 0 Å². The van der Waals surface area contributed by atoms with Gasteiger partial charge in [-0.1, -0.05) is 0 Å². The van der Waals surface area contributed by atoms with Crippen molar-refractivity contribution in [3.05, 3.63) is 28.5 Å². The van der Waals surface area contributed by atoms with Crippen LogP contribution in [0.3, 0.4) is 0 Å². The van der Waals surface area contributed by atoms with Crippen LogP contribution in [-0.2, 0) is 24.7 Å². The van der Waals surface area contributed by atoms with E-state index in [4.69, 9.17) is 19.4 Å². The van der Waals surface area contributed by atoms with Crippen LogP contribution in [0.15, 0.2) is 22.9 Å². The van der Waals surface area contributed by atoms with E-state index in [2.05, 4.69) is 20.9 Å². The van der Waals surface area contributed by atoms with Crippen molar-refractivity contribution in [1.29, 1.82) is 0 Å². The number of halogens is 1. The molecule has 9 heteroatoms. The lowest BCUT2D eigenvalue weighted by atomic mass is 9.90. The maximum Gasteiger partial charge on any atom is 0.434 e. The molecule has 0 radical (unpaired) electrons. The van der Waals surface area contributed by atoms with E-state index in [1.807, 2.05) is 0 Å². The number of carbonyl (C=O) groups is 2. The predicted molar refractivity (Wildman–Crippen MR) is 90.7 cm³/mol. The molecular formula is C16H21BrN2O6. The average Bonchev–Trinajstić information content (AvgIpc) is 2.52. The Morgan fingerprint density at radius 3 is 2.80 bits per heavy atom. The first kappa shape index (κ1) is 19.6. The summed E-state index contributed by atoms with van der Waals surface area (Å²) in [4.78, 5) is 32.8. The van der Waals surface area contributed by atoms with Crippen LogP contribution in [-0.4, -0.2) is 52.6 Å². The van der Waals surface area contributed by atoms with E-state index >= 15 is 0 Å². The standard InChI is InChI=1S/C16H21BrN2O6/c1-15(2,3)25-14(22)19-10-16(5-7-24-19,23-9-13(20)21)11-4-6-18-8-12(11)17/h4,6,8H,5,7,9-10H2,1-3H3,(H,20,21). The molecule has 0 aliphatic carbocycles. The van der Waals surface area contributed by atoms with Gasteiger partial charge in [-0.2, -0.15) is 5.06 Å². The molecule has 1 amide bonds. The maximum absolute atomic E-state index is 12.3. The van der Waals surface area contributed by atoms with Crippen molar-refractivity contribution in [3.8, 4) is 0 Å². The zero-order chi connectivity index (χ0) is 18.7. The van der Waals surface area contributed by atoms with Gasteiger partial charge in [0.05, 0.1) is 13.2 Å². The molecule has 0 aromatic carbocycles. The van der Waals surface area contributed by atoms with Gasteiger partial charge in [-0.05, 0) is 42.8 Å². The Labute approximate surface area is 154 Å². The fraction of sp³-hybridized carbons (Fsp3) is 0.562. The Bertz CT molecular complexity index is 648. The molecule has 1 aliphatic rings. The minimum atomic E-state index is -1.10. The third-order valence-electron chi connectivity index (χ3n) is 3.48. The maximum atomic E-state index is 12.3. The molecule has 8 nitrogen and oxygen atoms in total. The topological polar surface area (TPSA) is 98.2 Å². The Balaban J connectivity index is 2.30. The highest BCUT2D eigenvalue weighted by molar-refractivity contribution is 9.10. The number of hydroxylamine groups is 2. The van der Waals surface area contributed by atoms with Crippen molar-refractivity contribution < 1.29 is 29.0 Å². The van der Waals surface area contributed by atoms with Crippen LogP contribution in [0.5, 0.6) is 0 Å². The number of aliphatic carboxylic acids is 1.